The lowest BCUT2D eigenvalue weighted by Gasteiger charge is -2.16. The predicted molar refractivity (Wildman–Crippen MR) is 52.2 cm³/mol. The van der Waals surface area contributed by atoms with E-state index in [2.05, 4.69) is 9.97 Å². The van der Waals surface area contributed by atoms with Crippen molar-refractivity contribution in [3.63, 3.8) is 0 Å². The van der Waals surface area contributed by atoms with E-state index >= 15 is 0 Å². The van der Waals surface area contributed by atoms with Gasteiger partial charge in [-0.1, -0.05) is 0 Å². The standard InChI is InChI=1S/C9H11ClN2O2/c1-9(2)7-5(4-14-9)8(13)12-6(3-10)11-7/h3-4H2,1-2H3,(H,11,12,13). The molecule has 0 atom stereocenters. The molecule has 0 fully saturated rings. The summed E-state index contributed by atoms with van der Waals surface area (Å²) in [5.74, 6) is 0.701. The molecular formula is C9H11ClN2O2. The minimum atomic E-state index is -0.482. The van der Waals surface area contributed by atoms with Crippen LogP contribution >= 0.6 is 11.6 Å². The number of hydrogen-bond acceptors (Lipinski definition) is 3. The predicted octanol–water partition coefficient (Wildman–Crippen LogP) is 1.27. The number of aromatic nitrogens is 2. The molecule has 0 aromatic carbocycles. The van der Waals surface area contributed by atoms with Gasteiger partial charge in [0.1, 0.15) is 11.4 Å². The van der Waals surface area contributed by atoms with E-state index in [0.717, 1.165) is 0 Å². The fourth-order valence-electron chi connectivity index (χ4n) is 1.56. The molecule has 2 heterocycles. The maximum atomic E-state index is 11.5. The molecular weight excluding hydrogens is 204 g/mol. The quantitative estimate of drug-likeness (QED) is 0.717. The van der Waals surface area contributed by atoms with Gasteiger partial charge in [-0.25, -0.2) is 4.98 Å². The van der Waals surface area contributed by atoms with E-state index in [1.54, 1.807) is 0 Å². The van der Waals surface area contributed by atoms with Crippen molar-refractivity contribution in [2.45, 2.75) is 31.9 Å². The third kappa shape index (κ3) is 1.35. The minimum absolute atomic E-state index is 0.142. The Morgan fingerprint density at radius 2 is 2.36 bits per heavy atom. The number of halogens is 1. The molecule has 1 aliphatic rings. The zero-order valence-electron chi connectivity index (χ0n) is 8.06. The molecule has 76 valence electrons. The van der Waals surface area contributed by atoms with Crippen molar-refractivity contribution in [2.24, 2.45) is 0 Å². The summed E-state index contributed by atoms with van der Waals surface area (Å²) < 4.78 is 5.47. The third-order valence-electron chi connectivity index (χ3n) is 2.34. The van der Waals surface area contributed by atoms with Crippen molar-refractivity contribution in [3.8, 4) is 0 Å². The van der Waals surface area contributed by atoms with Gasteiger partial charge in [0, 0.05) is 0 Å². The lowest BCUT2D eigenvalue weighted by molar-refractivity contribution is -0.0102. The maximum absolute atomic E-state index is 11.5. The van der Waals surface area contributed by atoms with Crippen molar-refractivity contribution in [3.05, 3.63) is 27.4 Å². The Morgan fingerprint density at radius 3 is 3.00 bits per heavy atom. The molecule has 1 aromatic rings. The zero-order valence-corrected chi connectivity index (χ0v) is 8.81. The molecule has 0 amide bonds. The number of ether oxygens (including phenoxy) is 1. The van der Waals surface area contributed by atoms with E-state index in [4.69, 9.17) is 16.3 Å². The summed E-state index contributed by atoms with van der Waals surface area (Å²) in [4.78, 5) is 18.4. The molecule has 1 aromatic heterocycles. The normalized spacial score (nSPS) is 18.2. The molecule has 0 saturated carbocycles. The second-order valence-electron chi connectivity index (χ2n) is 3.77. The third-order valence-corrected chi connectivity index (χ3v) is 2.59. The fraction of sp³-hybridized carbons (Fsp3) is 0.556. The number of H-pyrrole nitrogens is 1. The van der Waals surface area contributed by atoms with Gasteiger partial charge < -0.3 is 9.72 Å². The molecule has 0 spiro atoms. The van der Waals surface area contributed by atoms with Crippen LogP contribution in [-0.4, -0.2) is 9.97 Å². The Hall–Kier alpha value is -0.870. The van der Waals surface area contributed by atoms with Gasteiger partial charge in [-0.05, 0) is 13.8 Å². The molecule has 0 bridgehead atoms. The number of hydrogen-bond donors (Lipinski definition) is 1. The van der Waals surface area contributed by atoms with Crippen LogP contribution in [0.15, 0.2) is 4.79 Å². The summed E-state index contributed by atoms with van der Waals surface area (Å²) in [5.41, 5.74) is 0.696. The highest BCUT2D eigenvalue weighted by Gasteiger charge is 2.34. The van der Waals surface area contributed by atoms with Gasteiger partial charge in [-0.2, -0.15) is 0 Å². The number of alkyl halides is 1. The van der Waals surface area contributed by atoms with Gasteiger partial charge in [0.15, 0.2) is 0 Å². The molecule has 1 aliphatic heterocycles. The average molecular weight is 215 g/mol. The first-order chi connectivity index (χ1) is 6.54. The minimum Gasteiger partial charge on any atom is -0.364 e. The van der Waals surface area contributed by atoms with Crippen molar-refractivity contribution in [1.29, 1.82) is 0 Å². The second-order valence-corrected chi connectivity index (χ2v) is 4.04. The molecule has 0 radical (unpaired) electrons. The highest BCUT2D eigenvalue weighted by molar-refractivity contribution is 6.16. The Labute approximate surface area is 86.3 Å². The van der Waals surface area contributed by atoms with Crippen LogP contribution in [0.2, 0.25) is 0 Å². The van der Waals surface area contributed by atoms with Crippen LogP contribution < -0.4 is 5.56 Å². The van der Waals surface area contributed by atoms with Crippen LogP contribution in [0, 0.1) is 0 Å². The number of rotatable bonds is 1. The highest BCUT2D eigenvalue weighted by atomic mass is 35.5. The SMILES string of the molecule is CC1(C)OCc2c1nc(CCl)[nH]c2=O. The van der Waals surface area contributed by atoms with Gasteiger partial charge in [0.2, 0.25) is 0 Å². The number of nitrogens with zero attached hydrogens (tertiary/aromatic N) is 1. The van der Waals surface area contributed by atoms with E-state index in [-0.39, 0.29) is 11.4 Å². The molecule has 0 saturated heterocycles. The fourth-order valence-corrected chi connectivity index (χ4v) is 1.69. The van der Waals surface area contributed by atoms with Crippen molar-refractivity contribution >= 4 is 11.6 Å². The molecule has 14 heavy (non-hydrogen) atoms. The Balaban J connectivity index is 2.65. The first-order valence-electron chi connectivity index (χ1n) is 4.37. The largest absolute Gasteiger partial charge is 0.364 e. The van der Waals surface area contributed by atoms with Crippen LogP contribution in [-0.2, 0) is 22.8 Å². The first kappa shape index (κ1) is 9.68. The van der Waals surface area contributed by atoms with Crippen molar-refractivity contribution < 1.29 is 4.74 Å². The summed E-state index contributed by atoms with van der Waals surface area (Å²) >= 11 is 5.62. The Bertz CT molecular complexity index is 425. The van der Waals surface area contributed by atoms with Crippen LogP contribution in [0.4, 0.5) is 0 Å². The van der Waals surface area contributed by atoms with Gasteiger partial charge in [0.25, 0.3) is 5.56 Å². The topological polar surface area (TPSA) is 55.0 Å². The van der Waals surface area contributed by atoms with Crippen LogP contribution in [0.3, 0.4) is 0 Å². The Kier molecular flexibility index (Phi) is 2.12. The number of fused-ring (bicyclic) bond motifs is 1. The highest BCUT2D eigenvalue weighted by Crippen LogP contribution is 2.32. The van der Waals surface area contributed by atoms with E-state index < -0.39 is 5.60 Å². The Morgan fingerprint density at radius 1 is 1.64 bits per heavy atom. The molecule has 0 unspecified atom stereocenters. The summed E-state index contributed by atoms with van der Waals surface area (Å²) in [6.45, 7) is 4.11. The molecule has 2 rings (SSSR count). The van der Waals surface area contributed by atoms with Gasteiger partial charge in [0.05, 0.1) is 23.7 Å². The second kappa shape index (κ2) is 3.07. The number of aromatic amines is 1. The van der Waals surface area contributed by atoms with Gasteiger partial charge in [-0.3, -0.25) is 4.79 Å². The van der Waals surface area contributed by atoms with Gasteiger partial charge in [-0.15, -0.1) is 11.6 Å². The van der Waals surface area contributed by atoms with E-state index in [1.165, 1.54) is 0 Å². The van der Waals surface area contributed by atoms with Crippen LogP contribution in [0.25, 0.3) is 0 Å². The van der Waals surface area contributed by atoms with E-state index in [0.29, 0.717) is 23.7 Å². The van der Waals surface area contributed by atoms with E-state index in [9.17, 15) is 4.79 Å². The summed E-state index contributed by atoms with van der Waals surface area (Å²) in [7, 11) is 0. The molecule has 5 heteroatoms. The lowest BCUT2D eigenvalue weighted by Crippen LogP contribution is -2.22. The molecule has 4 nitrogen and oxygen atoms in total. The summed E-state index contributed by atoms with van der Waals surface area (Å²) in [5, 5.41) is 0. The zero-order chi connectivity index (χ0) is 10.3. The number of nitrogens with one attached hydrogen (secondary N) is 1. The summed E-state index contributed by atoms with van der Waals surface area (Å²) in [6.07, 6.45) is 0. The van der Waals surface area contributed by atoms with E-state index in [1.807, 2.05) is 13.8 Å². The van der Waals surface area contributed by atoms with Crippen LogP contribution in [0.1, 0.15) is 30.9 Å². The van der Waals surface area contributed by atoms with Crippen LogP contribution in [0.5, 0.6) is 0 Å². The van der Waals surface area contributed by atoms with Crippen molar-refractivity contribution in [2.75, 3.05) is 0 Å². The summed E-state index contributed by atoms with van der Waals surface area (Å²) in [6, 6.07) is 0. The van der Waals surface area contributed by atoms with Gasteiger partial charge >= 0.3 is 0 Å². The smallest absolute Gasteiger partial charge is 0.256 e. The lowest BCUT2D eigenvalue weighted by atomic mass is 10.0. The van der Waals surface area contributed by atoms with Crippen molar-refractivity contribution in [1.82, 2.24) is 9.97 Å². The molecule has 1 N–H and O–H groups in total. The first-order valence-corrected chi connectivity index (χ1v) is 4.90. The monoisotopic (exact) mass is 214 g/mol. The maximum Gasteiger partial charge on any atom is 0.256 e. The average Bonchev–Trinajstić information content (AvgIpc) is 2.43. The molecule has 0 aliphatic carbocycles.